The predicted molar refractivity (Wildman–Crippen MR) is 162 cm³/mol. The van der Waals surface area contributed by atoms with Crippen molar-refractivity contribution in [2.24, 2.45) is 0 Å². The number of hydroxylamine groups is 1. The van der Waals surface area contributed by atoms with Crippen LogP contribution in [0.5, 0.6) is 5.75 Å². The number of rotatable bonds is 12. The number of carbonyl (C=O) groups excluding carboxylic acids is 2. The summed E-state index contributed by atoms with van der Waals surface area (Å²) in [6.45, 7) is 3.38. The lowest BCUT2D eigenvalue weighted by Crippen LogP contribution is -2.37. The van der Waals surface area contributed by atoms with Crippen molar-refractivity contribution >= 4 is 40.2 Å². The van der Waals surface area contributed by atoms with Crippen LogP contribution in [-0.2, 0) is 16.1 Å². The molecule has 0 radical (unpaired) electrons. The number of hydrogen-bond acceptors (Lipinski definition) is 9. The Bertz CT molecular complexity index is 1540. The van der Waals surface area contributed by atoms with Crippen molar-refractivity contribution in [1.29, 1.82) is 0 Å². The number of methoxy groups -OCH3 is 1. The van der Waals surface area contributed by atoms with E-state index in [1.54, 1.807) is 30.8 Å². The third-order valence-corrected chi connectivity index (χ3v) is 7.16. The van der Waals surface area contributed by atoms with Gasteiger partial charge in [0, 0.05) is 49.1 Å². The third-order valence-electron chi connectivity index (χ3n) is 7.16. The summed E-state index contributed by atoms with van der Waals surface area (Å²) in [7, 11) is 1.58. The largest absolute Gasteiger partial charge is 0.497 e. The molecule has 4 N–H and O–H groups in total. The normalized spacial score (nSPS) is 13.1. The van der Waals surface area contributed by atoms with Crippen LogP contribution >= 0.6 is 0 Å². The summed E-state index contributed by atoms with van der Waals surface area (Å²) in [6, 6.07) is 14.2. The van der Waals surface area contributed by atoms with Crippen molar-refractivity contribution < 1.29 is 24.3 Å². The van der Waals surface area contributed by atoms with Gasteiger partial charge in [0.2, 0.25) is 5.91 Å². The molecule has 13 heteroatoms. The van der Waals surface area contributed by atoms with Crippen LogP contribution < -0.4 is 25.8 Å². The van der Waals surface area contributed by atoms with E-state index in [4.69, 9.17) is 24.6 Å². The van der Waals surface area contributed by atoms with Gasteiger partial charge < -0.3 is 25.0 Å². The summed E-state index contributed by atoms with van der Waals surface area (Å²) >= 11 is 0. The molecule has 1 aliphatic heterocycles. The molecule has 0 saturated carbocycles. The average molecular weight is 589 g/mol. The van der Waals surface area contributed by atoms with Gasteiger partial charge in [-0.2, -0.15) is 5.10 Å². The van der Waals surface area contributed by atoms with Gasteiger partial charge in [0.1, 0.15) is 11.6 Å². The van der Waals surface area contributed by atoms with Crippen LogP contribution in [0, 0.1) is 0 Å². The molecule has 226 valence electrons. The molecule has 0 atom stereocenters. The number of hydrogen-bond donors (Lipinski definition) is 4. The summed E-state index contributed by atoms with van der Waals surface area (Å²) in [5.41, 5.74) is 4.48. The fourth-order valence-electron chi connectivity index (χ4n) is 4.90. The van der Waals surface area contributed by atoms with Crippen LogP contribution in [0.15, 0.2) is 54.7 Å². The zero-order chi connectivity index (χ0) is 30.0. The number of ether oxygens (including phenoxy) is 2. The van der Waals surface area contributed by atoms with Crippen molar-refractivity contribution in [1.82, 2.24) is 25.2 Å². The minimum atomic E-state index is -0.367. The van der Waals surface area contributed by atoms with Gasteiger partial charge in [-0.05, 0) is 49.2 Å². The fraction of sp³-hybridized carbons (Fsp3) is 0.367. The van der Waals surface area contributed by atoms with Crippen LogP contribution in [0.3, 0.4) is 0 Å². The maximum atomic E-state index is 12.6. The van der Waals surface area contributed by atoms with Crippen molar-refractivity contribution in [3.8, 4) is 17.1 Å². The SMILES string of the molecule is COc1cccc(NC(=O)Nc2ccc(-c3nc(N4CCOCC4)c4cnn(CCCCCCC(=O)NO)c4n3)cc2)c1. The smallest absolute Gasteiger partial charge is 0.323 e. The number of unbranched alkanes of at least 4 members (excludes halogenated alkanes) is 3. The minimum absolute atomic E-state index is 0.307. The second-order valence-electron chi connectivity index (χ2n) is 10.2. The number of nitrogens with zero attached hydrogens (tertiary/aromatic N) is 5. The van der Waals surface area contributed by atoms with Crippen LogP contribution in [0.25, 0.3) is 22.4 Å². The second kappa shape index (κ2) is 14.4. The molecule has 2 aromatic heterocycles. The first-order valence-corrected chi connectivity index (χ1v) is 14.4. The summed E-state index contributed by atoms with van der Waals surface area (Å²) in [5, 5.41) is 19.8. The molecule has 1 saturated heterocycles. The molecular formula is C30H36N8O5. The first kappa shape index (κ1) is 29.7. The first-order valence-electron chi connectivity index (χ1n) is 14.4. The zero-order valence-electron chi connectivity index (χ0n) is 24.1. The maximum Gasteiger partial charge on any atom is 0.323 e. The van der Waals surface area contributed by atoms with Crippen molar-refractivity contribution in [3.63, 3.8) is 0 Å². The molecule has 1 aliphatic rings. The molecular weight excluding hydrogens is 552 g/mol. The van der Waals surface area contributed by atoms with Gasteiger partial charge in [0.15, 0.2) is 11.5 Å². The number of fused-ring (bicyclic) bond motifs is 1. The summed E-state index contributed by atoms with van der Waals surface area (Å²) in [6.07, 6.45) is 5.53. The average Bonchev–Trinajstić information content (AvgIpc) is 3.45. The Morgan fingerprint density at radius 3 is 2.51 bits per heavy atom. The zero-order valence-corrected chi connectivity index (χ0v) is 24.1. The van der Waals surface area contributed by atoms with Gasteiger partial charge in [-0.25, -0.2) is 24.9 Å². The number of aromatic nitrogens is 4. The van der Waals surface area contributed by atoms with E-state index in [-0.39, 0.29) is 11.9 Å². The van der Waals surface area contributed by atoms with E-state index in [1.807, 2.05) is 41.2 Å². The predicted octanol–water partition coefficient (Wildman–Crippen LogP) is 4.44. The van der Waals surface area contributed by atoms with Crippen molar-refractivity contribution in [2.45, 2.75) is 38.6 Å². The number of benzene rings is 2. The molecule has 5 rings (SSSR count). The van der Waals surface area contributed by atoms with Gasteiger partial charge in [-0.15, -0.1) is 0 Å². The highest BCUT2D eigenvalue weighted by molar-refractivity contribution is 6.00. The van der Waals surface area contributed by atoms with Crippen LogP contribution in [0.2, 0.25) is 0 Å². The van der Waals surface area contributed by atoms with Gasteiger partial charge in [0.25, 0.3) is 0 Å². The molecule has 3 heterocycles. The summed E-state index contributed by atoms with van der Waals surface area (Å²) in [5.74, 6) is 1.68. The second-order valence-corrected chi connectivity index (χ2v) is 10.2. The Labute approximate surface area is 249 Å². The number of carbonyl (C=O) groups is 2. The standard InChI is InChI=1S/C30H36N8O5/c1-42-24-8-6-7-23(19-24)33-30(40)32-22-12-10-21(11-13-22)27-34-28(37-15-17-43-18-16-37)25-20-31-38(29(25)35-27)14-5-3-2-4-9-26(39)36-41/h6-8,10-13,19-20,41H,2-5,9,14-18H2,1H3,(H,36,39)(H2,32,33,40). The Kier molecular flexibility index (Phi) is 9.97. The molecule has 43 heavy (non-hydrogen) atoms. The van der Waals surface area contributed by atoms with E-state index in [1.165, 1.54) is 0 Å². The van der Waals surface area contributed by atoms with E-state index in [0.717, 1.165) is 54.8 Å². The highest BCUT2D eigenvalue weighted by atomic mass is 16.5. The highest BCUT2D eigenvalue weighted by Crippen LogP contribution is 2.29. The molecule has 0 bridgehead atoms. The van der Waals surface area contributed by atoms with Crippen LogP contribution in [-0.4, -0.2) is 70.3 Å². The van der Waals surface area contributed by atoms with Crippen molar-refractivity contribution in [2.75, 3.05) is 48.9 Å². The molecule has 1 fully saturated rings. The quantitative estimate of drug-likeness (QED) is 0.107. The molecule has 3 amide bonds. The molecule has 13 nitrogen and oxygen atoms in total. The lowest BCUT2D eigenvalue weighted by Gasteiger charge is -2.28. The first-order chi connectivity index (χ1) is 21.0. The Hall–Kier alpha value is -4.75. The minimum Gasteiger partial charge on any atom is -0.497 e. The van der Waals surface area contributed by atoms with Crippen LogP contribution in [0.4, 0.5) is 22.0 Å². The van der Waals surface area contributed by atoms with Crippen molar-refractivity contribution in [3.05, 3.63) is 54.7 Å². The highest BCUT2D eigenvalue weighted by Gasteiger charge is 2.21. The van der Waals surface area contributed by atoms with E-state index >= 15 is 0 Å². The Balaban J connectivity index is 1.31. The van der Waals surface area contributed by atoms with Gasteiger partial charge in [0.05, 0.1) is 31.9 Å². The third kappa shape index (κ3) is 7.76. The van der Waals surface area contributed by atoms with E-state index in [2.05, 4.69) is 20.6 Å². The monoisotopic (exact) mass is 588 g/mol. The lowest BCUT2D eigenvalue weighted by molar-refractivity contribution is -0.129. The maximum absolute atomic E-state index is 12.6. The van der Waals surface area contributed by atoms with E-state index in [0.29, 0.717) is 55.5 Å². The number of anilines is 3. The molecule has 0 unspecified atom stereocenters. The topological polar surface area (TPSA) is 156 Å². The molecule has 2 aromatic carbocycles. The fourth-order valence-corrected chi connectivity index (χ4v) is 4.90. The summed E-state index contributed by atoms with van der Waals surface area (Å²) < 4.78 is 12.7. The number of morpholine rings is 1. The molecule has 4 aromatic rings. The van der Waals surface area contributed by atoms with Crippen LogP contribution in [0.1, 0.15) is 32.1 Å². The lowest BCUT2D eigenvalue weighted by atomic mass is 10.1. The van der Waals surface area contributed by atoms with Gasteiger partial charge in [-0.3, -0.25) is 10.0 Å². The van der Waals surface area contributed by atoms with E-state index in [9.17, 15) is 9.59 Å². The Morgan fingerprint density at radius 2 is 1.74 bits per heavy atom. The van der Waals surface area contributed by atoms with Gasteiger partial charge >= 0.3 is 6.03 Å². The number of aryl methyl sites for hydroxylation is 1. The number of nitrogens with one attached hydrogen (secondary N) is 3. The summed E-state index contributed by atoms with van der Waals surface area (Å²) in [4.78, 5) is 35.8. The molecule has 0 aliphatic carbocycles. The van der Waals surface area contributed by atoms with E-state index < -0.39 is 0 Å². The Morgan fingerprint density at radius 1 is 0.977 bits per heavy atom. The number of urea groups is 1. The van der Waals surface area contributed by atoms with Gasteiger partial charge in [-0.1, -0.05) is 18.9 Å². The molecule has 0 spiro atoms. The number of amides is 3.